The fourth-order valence-corrected chi connectivity index (χ4v) is 3.08. The summed E-state index contributed by atoms with van der Waals surface area (Å²) in [4.78, 5) is 0. The number of hydrazone groups is 1. The number of benzene rings is 3. The quantitative estimate of drug-likeness (QED) is 0.341. The zero-order valence-electron chi connectivity index (χ0n) is 17.8. The Morgan fingerprint density at radius 3 is 2.40 bits per heavy atom. The van der Waals surface area contributed by atoms with Gasteiger partial charge in [0, 0.05) is 5.02 Å². The summed E-state index contributed by atoms with van der Waals surface area (Å²) in [5.41, 5.74) is 7.23. The van der Waals surface area contributed by atoms with Crippen molar-refractivity contribution in [1.29, 1.82) is 0 Å². The highest BCUT2D eigenvalue weighted by atomic mass is 35.5. The van der Waals surface area contributed by atoms with Gasteiger partial charge in [-0.2, -0.15) is 5.10 Å². The second-order valence-electron chi connectivity index (χ2n) is 8.03. The van der Waals surface area contributed by atoms with Crippen LogP contribution in [-0.2, 0) is 12.0 Å². The standard InChI is InChI=1S/C25H27ClN2O2/c1-25(2,3)20-11-8-18(9-12-20)17-30-23-13-10-19(14-24(23)29-4)16-27-28-22-7-5-6-21(26)15-22/h5-16,28H,17H2,1-4H3. The second-order valence-corrected chi connectivity index (χ2v) is 8.46. The Labute approximate surface area is 183 Å². The Kier molecular flexibility index (Phi) is 7.01. The highest BCUT2D eigenvalue weighted by molar-refractivity contribution is 6.30. The number of halogens is 1. The molecule has 0 aliphatic carbocycles. The zero-order valence-corrected chi connectivity index (χ0v) is 18.5. The number of methoxy groups -OCH3 is 1. The van der Waals surface area contributed by atoms with Crippen LogP contribution in [0.1, 0.15) is 37.5 Å². The van der Waals surface area contributed by atoms with Gasteiger partial charge in [0.25, 0.3) is 0 Å². The van der Waals surface area contributed by atoms with Crippen molar-refractivity contribution in [1.82, 2.24) is 0 Å². The summed E-state index contributed by atoms with van der Waals surface area (Å²) in [6, 6.07) is 21.6. The highest BCUT2D eigenvalue weighted by Crippen LogP contribution is 2.29. The third-order valence-corrected chi connectivity index (χ3v) is 4.87. The summed E-state index contributed by atoms with van der Waals surface area (Å²) < 4.78 is 11.5. The number of hydrogen-bond acceptors (Lipinski definition) is 4. The first-order valence-electron chi connectivity index (χ1n) is 9.80. The molecule has 0 aliphatic heterocycles. The van der Waals surface area contributed by atoms with Crippen LogP contribution in [0.4, 0.5) is 5.69 Å². The van der Waals surface area contributed by atoms with Gasteiger partial charge in [0.15, 0.2) is 11.5 Å². The van der Waals surface area contributed by atoms with E-state index in [1.807, 2.05) is 42.5 Å². The number of ether oxygens (including phenoxy) is 2. The van der Waals surface area contributed by atoms with Crippen molar-refractivity contribution >= 4 is 23.5 Å². The van der Waals surface area contributed by atoms with Gasteiger partial charge >= 0.3 is 0 Å². The molecule has 1 N–H and O–H groups in total. The molecule has 0 bridgehead atoms. The first kappa shape index (κ1) is 21.7. The third kappa shape index (κ3) is 6.01. The van der Waals surface area contributed by atoms with E-state index in [0.717, 1.165) is 16.8 Å². The minimum Gasteiger partial charge on any atom is -0.493 e. The Morgan fingerprint density at radius 2 is 1.73 bits per heavy atom. The van der Waals surface area contributed by atoms with Crippen molar-refractivity contribution in [3.05, 3.63) is 88.4 Å². The van der Waals surface area contributed by atoms with Gasteiger partial charge < -0.3 is 9.47 Å². The van der Waals surface area contributed by atoms with E-state index in [0.29, 0.717) is 23.1 Å². The molecule has 4 nitrogen and oxygen atoms in total. The molecule has 30 heavy (non-hydrogen) atoms. The van der Waals surface area contributed by atoms with E-state index in [1.165, 1.54) is 5.56 Å². The van der Waals surface area contributed by atoms with Crippen molar-refractivity contribution in [2.24, 2.45) is 5.10 Å². The van der Waals surface area contributed by atoms with Gasteiger partial charge in [-0.3, -0.25) is 5.43 Å². The summed E-state index contributed by atoms with van der Waals surface area (Å²) in [5, 5.41) is 4.91. The van der Waals surface area contributed by atoms with Crippen LogP contribution in [0.25, 0.3) is 0 Å². The van der Waals surface area contributed by atoms with Crippen molar-refractivity contribution < 1.29 is 9.47 Å². The van der Waals surface area contributed by atoms with Crippen LogP contribution >= 0.6 is 11.6 Å². The monoisotopic (exact) mass is 422 g/mol. The summed E-state index contributed by atoms with van der Waals surface area (Å²) in [7, 11) is 1.63. The topological polar surface area (TPSA) is 42.8 Å². The van der Waals surface area contributed by atoms with E-state index in [4.69, 9.17) is 21.1 Å². The van der Waals surface area contributed by atoms with E-state index in [-0.39, 0.29) is 5.41 Å². The molecule has 0 radical (unpaired) electrons. The molecule has 0 fully saturated rings. The average molecular weight is 423 g/mol. The minimum atomic E-state index is 0.140. The molecule has 0 saturated heterocycles. The van der Waals surface area contributed by atoms with Gasteiger partial charge in [0.2, 0.25) is 0 Å². The Bertz CT molecular complexity index is 1010. The maximum Gasteiger partial charge on any atom is 0.161 e. The molecular weight excluding hydrogens is 396 g/mol. The number of anilines is 1. The van der Waals surface area contributed by atoms with Gasteiger partial charge in [0.05, 0.1) is 19.0 Å². The Balaban J connectivity index is 1.63. The van der Waals surface area contributed by atoms with E-state index in [2.05, 4.69) is 55.6 Å². The summed E-state index contributed by atoms with van der Waals surface area (Å²) in [6.45, 7) is 7.10. The Morgan fingerprint density at radius 1 is 0.967 bits per heavy atom. The predicted octanol–water partition coefficient (Wildman–Crippen LogP) is 6.67. The molecule has 3 aromatic rings. The lowest BCUT2D eigenvalue weighted by Crippen LogP contribution is -2.10. The van der Waals surface area contributed by atoms with Crippen LogP contribution in [0, 0.1) is 0 Å². The van der Waals surface area contributed by atoms with E-state index >= 15 is 0 Å². The lowest BCUT2D eigenvalue weighted by Gasteiger charge is -2.19. The fraction of sp³-hybridized carbons (Fsp3) is 0.240. The maximum atomic E-state index is 5.98. The number of hydrogen-bond donors (Lipinski definition) is 1. The lowest BCUT2D eigenvalue weighted by atomic mass is 9.87. The molecule has 0 unspecified atom stereocenters. The molecule has 5 heteroatoms. The molecule has 0 heterocycles. The molecule has 3 aromatic carbocycles. The summed E-state index contributed by atoms with van der Waals surface area (Å²) >= 11 is 5.98. The smallest absolute Gasteiger partial charge is 0.161 e. The first-order valence-corrected chi connectivity index (χ1v) is 10.2. The molecule has 3 rings (SSSR count). The number of nitrogens with zero attached hydrogens (tertiary/aromatic N) is 1. The van der Waals surface area contributed by atoms with Gasteiger partial charge in [0.1, 0.15) is 6.61 Å². The van der Waals surface area contributed by atoms with Crippen LogP contribution in [0.15, 0.2) is 71.8 Å². The van der Waals surface area contributed by atoms with E-state index in [9.17, 15) is 0 Å². The molecule has 0 aromatic heterocycles. The molecule has 0 saturated carbocycles. The van der Waals surface area contributed by atoms with Crippen molar-refractivity contribution in [2.75, 3.05) is 12.5 Å². The maximum absolute atomic E-state index is 5.98. The van der Waals surface area contributed by atoms with Crippen molar-refractivity contribution in [2.45, 2.75) is 32.8 Å². The third-order valence-electron chi connectivity index (χ3n) is 4.63. The lowest BCUT2D eigenvalue weighted by molar-refractivity contribution is 0.284. The minimum absolute atomic E-state index is 0.140. The highest BCUT2D eigenvalue weighted by Gasteiger charge is 2.13. The molecule has 0 amide bonds. The van der Waals surface area contributed by atoms with Crippen LogP contribution in [0.3, 0.4) is 0 Å². The Hall–Kier alpha value is -2.98. The molecule has 0 aliphatic rings. The molecule has 0 spiro atoms. The normalized spacial score (nSPS) is 11.5. The van der Waals surface area contributed by atoms with Gasteiger partial charge in [-0.1, -0.05) is 62.7 Å². The second kappa shape index (κ2) is 9.68. The molecule has 156 valence electrons. The zero-order chi connectivity index (χ0) is 21.6. The SMILES string of the molecule is COc1cc(C=NNc2cccc(Cl)c2)ccc1OCc1ccc(C(C)(C)C)cc1. The van der Waals surface area contributed by atoms with Gasteiger partial charge in [-0.05, 0) is 58.5 Å². The van der Waals surface area contributed by atoms with Crippen LogP contribution < -0.4 is 14.9 Å². The number of nitrogens with one attached hydrogen (secondary N) is 1. The average Bonchev–Trinajstić information content (AvgIpc) is 2.72. The van der Waals surface area contributed by atoms with Crippen molar-refractivity contribution in [3.63, 3.8) is 0 Å². The van der Waals surface area contributed by atoms with Gasteiger partial charge in [-0.15, -0.1) is 0 Å². The van der Waals surface area contributed by atoms with Gasteiger partial charge in [-0.25, -0.2) is 0 Å². The summed E-state index contributed by atoms with van der Waals surface area (Å²) in [5.74, 6) is 1.35. The fourth-order valence-electron chi connectivity index (χ4n) is 2.89. The van der Waals surface area contributed by atoms with E-state index in [1.54, 1.807) is 13.3 Å². The van der Waals surface area contributed by atoms with E-state index < -0.39 is 0 Å². The van der Waals surface area contributed by atoms with Crippen molar-refractivity contribution in [3.8, 4) is 11.5 Å². The van der Waals surface area contributed by atoms with Crippen LogP contribution in [-0.4, -0.2) is 13.3 Å². The van der Waals surface area contributed by atoms with Crippen LogP contribution in [0.2, 0.25) is 5.02 Å². The first-order chi connectivity index (χ1) is 14.3. The molecule has 0 atom stereocenters. The molecular formula is C25H27ClN2O2. The van der Waals surface area contributed by atoms with Crippen LogP contribution in [0.5, 0.6) is 11.5 Å². The predicted molar refractivity (Wildman–Crippen MR) is 125 cm³/mol. The largest absolute Gasteiger partial charge is 0.493 e. The summed E-state index contributed by atoms with van der Waals surface area (Å²) in [6.07, 6.45) is 1.72. The number of rotatable bonds is 7.